The highest BCUT2D eigenvalue weighted by Crippen LogP contribution is 2.15. The molecule has 0 radical (unpaired) electrons. The molecule has 0 atom stereocenters. The van der Waals surface area contributed by atoms with Crippen LogP contribution in [0.1, 0.15) is 18.9 Å². The summed E-state index contributed by atoms with van der Waals surface area (Å²) in [6.07, 6.45) is 1.05. The van der Waals surface area contributed by atoms with Gasteiger partial charge in [-0.15, -0.1) is 0 Å². The van der Waals surface area contributed by atoms with Gasteiger partial charge in [-0.2, -0.15) is 0 Å². The zero-order chi connectivity index (χ0) is 12.3. The fourth-order valence-corrected chi connectivity index (χ4v) is 1.40. The van der Waals surface area contributed by atoms with Crippen LogP contribution in [0.5, 0.6) is 5.75 Å². The third kappa shape index (κ3) is 6.29. The van der Waals surface area contributed by atoms with Gasteiger partial charge in [0, 0.05) is 6.61 Å². The Kier molecular flexibility index (Phi) is 7.43. The average molecular weight is 238 g/mol. The molecule has 0 aliphatic heterocycles. The molecule has 1 aromatic rings. The minimum atomic E-state index is 0.582. The number of aryl methyl sites for hydroxylation is 1. The van der Waals surface area contributed by atoms with Crippen LogP contribution in [0.3, 0.4) is 0 Å². The number of hydrogen-bond acceptors (Lipinski definition) is 3. The highest BCUT2D eigenvalue weighted by Gasteiger charge is 1.97. The molecule has 0 unspecified atom stereocenters. The quantitative estimate of drug-likeness (QED) is 0.619. The first kappa shape index (κ1) is 14.0. The van der Waals surface area contributed by atoms with Gasteiger partial charge in [0.1, 0.15) is 12.4 Å². The molecule has 17 heavy (non-hydrogen) atoms. The predicted molar refractivity (Wildman–Crippen MR) is 68.6 cm³/mol. The van der Waals surface area contributed by atoms with E-state index in [-0.39, 0.29) is 0 Å². The Morgan fingerprint density at radius 1 is 0.882 bits per heavy atom. The first-order chi connectivity index (χ1) is 8.34. The number of rotatable bonds is 9. The average Bonchev–Trinajstić information content (AvgIpc) is 2.35. The molecule has 0 saturated carbocycles. The summed E-state index contributed by atoms with van der Waals surface area (Å²) in [5.74, 6) is 0.929. The number of para-hydroxylation sites is 1. The van der Waals surface area contributed by atoms with E-state index in [1.165, 1.54) is 0 Å². The zero-order valence-electron chi connectivity index (χ0n) is 10.8. The predicted octanol–water partition coefficient (Wildman–Crippen LogP) is 2.82. The Morgan fingerprint density at radius 3 is 2.24 bits per heavy atom. The fraction of sp³-hybridized carbons (Fsp3) is 0.571. The van der Waals surface area contributed by atoms with Crippen LogP contribution >= 0.6 is 0 Å². The minimum absolute atomic E-state index is 0.582. The summed E-state index contributed by atoms with van der Waals surface area (Å²) in [5, 5.41) is 0. The topological polar surface area (TPSA) is 27.7 Å². The smallest absolute Gasteiger partial charge is 0.122 e. The monoisotopic (exact) mass is 238 g/mol. The second-order valence-electron chi connectivity index (χ2n) is 3.84. The van der Waals surface area contributed by atoms with E-state index in [2.05, 4.69) is 6.92 Å². The molecule has 0 N–H and O–H groups in total. The second kappa shape index (κ2) is 9.02. The van der Waals surface area contributed by atoms with Gasteiger partial charge in [-0.3, -0.25) is 0 Å². The van der Waals surface area contributed by atoms with Crippen LogP contribution in [0, 0.1) is 6.92 Å². The van der Waals surface area contributed by atoms with Crippen LogP contribution in [-0.4, -0.2) is 33.0 Å². The summed E-state index contributed by atoms with van der Waals surface area (Å²) < 4.78 is 16.3. The van der Waals surface area contributed by atoms with Gasteiger partial charge in [-0.1, -0.05) is 25.1 Å². The molecule has 0 bridgehead atoms. The van der Waals surface area contributed by atoms with E-state index >= 15 is 0 Å². The standard InChI is InChI=1S/C14H22O3/c1-3-8-15-9-10-16-11-12-17-14-7-5-4-6-13(14)2/h4-7H,3,8-12H2,1-2H3. The summed E-state index contributed by atoms with van der Waals surface area (Å²) in [6, 6.07) is 7.99. The molecule has 0 spiro atoms. The number of ether oxygens (including phenoxy) is 3. The first-order valence-electron chi connectivity index (χ1n) is 6.18. The molecule has 0 aliphatic carbocycles. The fourth-order valence-electron chi connectivity index (χ4n) is 1.40. The molecule has 1 rings (SSSR count). The van der Waals surface area contributed by atoms with Crippen molar-refractivity contribution in [2.45, 2.75) is 20.3 Å². The van der Waals surface area contributed by atoms with Crippen LogP contribution < -0.4 is 4.74 Å². The maximum Gasteiger partial charge on any atom is 0.122 e. The molecule has 96 valence electrons. The van der Waals surface area contributed by atoms with Gasteiger partial charge in [0.25, 0.3) is 0 Å². The van der Waals surface area contributed by atoms with Crippen molar-refractivity contribution >= 4 is 0 Å². The highest BCUT2D eigenvalue weighted by molar-refractivity contribution is 5.31. The van der Waals surface area contributed by atoms with E-state index in [0.717, 1.165) is 24.3 Å². The Hall–Kier alpha value is -1.06. The summed E-state index contributed by atoms with van der Waals surface area (Å²) in [6.45, 7) is 7.42. The second-order valence-corrected chi connectivity index (χ2v) is 3.84. The third-order valence-electron chi connectivity index (χ3n) is 2.30. The molecule has 0 aromatic heterocycles. The van der Waals surface area contributed by atoms with Crippen LogP contribution in [-0.2, 0) is 9.47 Å². The van der Waals surface area contributed by atoms with Crippen molar-refractivity contribution in [3.8, 4) is 5.75 Å². The Morgan fingerprint density at radius 2 is 1.53 bits per heavy atom. The van der Waals surface area contributed by atoms with Gasteiger partial charge in [-0.25, -0.2) is 0 Å². The van der Waals surface area contributed by atoms with Crippen molar-refractivity contribution in [1.29, 1.82) is 0 Å². The van der Waals surface area contributed by atoms with Gasteiger partial charge in [0.15, 0.2) is 0 Å². The van der Waals surface area contributed by atoms with Crippen LogP contribution in [0.15, 0.2) is 24.3 Å². The Labute approximate surface area is 104 Å². The van der Waals surface area contributed by atoms with Crippen molar-refractivity contribution in [3.63, 3.8) is 0 Å². The molecule has 3 nitrogen and oxygen atoms in total. The van der Waals surface area contributed by atoms with Gasteiger partial charge < -0.3 is 14.2 Å². The Bertz CT molecular complexity index is 299. The largest absolute Gasteiger partial charge is 0.491 e. The summed E-state index contributed by atoms with van der Waals surface area (Å²) >= 11 is 0. The molecule has 0 amide bonds. The SMILES string of the molecule is CCCOCCOCCOc1ccccc1C. The lowest BCUT2D eigenvalue weighted by Gasteiger charge is -2.09. The molecule has 0 saturated heterocycles. The number of hydrogen-bond donors (Lipinski definition) is 0. The van der Waals surface area contributed by atoms with Crippen LogP contribution in [0.25, 0.3) is 0 Å². The van der Waals surface area contributed by atoms with E-state index in [0.29, 0.717) is 26.4 Å². The van der Waals surface area contributed by atoms with Crippen molar-refractivity contribution < 1.29 is 14.2 Å². The summed E-state index contributed by atoms with van der Waals surface area (Å²) in [5.41, 5.74) is 1.15. The van der Waals surface area contributed by atoms with E-state index < -0.39 is 0 Å². The molecular weight excluding hydrogens is 216 g/mol. The molecule has 3 heteroatoms. The van der Waals surface area contributed by atoms with E-state index in [4.69, 9.17) is 14.2 Å². The summed E-state index contributed by atoms with van der Waals surface area (Å²) in [7, 11) is 0. The summed E-state index contributed by atoms with van der Waals surface area (Å²) in [4.78, 5) is 0. The maximum absolute atomic E-state index is 5.60. The van der Waals surface area contributed by atoms with E-state index in [9.17, 15) is 0 Å². The van der Waals surface area contributed by atoms with Crippen molar-refractivity contribution in [3.05, 3.63) is 29.8 Å². The van der Waals surface area contributed by atoms with Crippen molar-refractivity contribution in [2.24, 2.45) is 0 Å². The lowest BCUT2D eigenvalue weighted by molar-refractivity contribution is 0.0365. The first-order valence-corrected chi connectivity index (χ1v) is 6.18. The van der Waals surface area contributed by atoms with Crippen LogP contribution in [0.4, 0.5) is 0 Å². The van der Waals surface area contributed by atoms with Crippen molar-refractivity contribution in [2.75, 3.05) is 33.0 Å². The molecule has 0 aliphatic rings. The normalized spacial score (nSPS) is 10.5. The molecule has 0 heterocycles. The molecular formula is C14H22O3. The van der Waals surface area contributed by atoms with E-state index in [1.54, 1.807) is 0 Å². The highest BCUT2D eigenvalue weighted by atomic mass is 16.5. The lowest BCUT2D eigenvalue weighted by atomic mass is 10.2. The Balaban J connectivity index is 1.99. The van der Waals surface area contributed by atoms with E-state index in [1.807, 2.05) is 31.2 Å². The maximum atomic E-state index is 5.60. The van der Waals surface area contributed by atoms with Crippen molar-refractivity contribution in [1.82, 2.24) is 0 Å². The lowest BCUT2D eigenvalue weighted by Crippen LogP contribution is -2.11. The third-order valence-corrected chi connectivity index (χ3v) is 2.30. The number of benzene rings is 1. The minimum Gasteiger partial charge on any atom is -0.491 e. The van der Waals surface area contributed by atoms with Gasteiger partial charge in [-0.05, 0) is 25.0 Å². The van der Waals surface area contributed by atoms with Gasteiger partial charge in [0.2, 0.25) is 0 Å². The van der Waals surface area contributed by atoms with Gasteiger partial charge in [0.05, 0.1) is 19.8 Å². The van der Waals surface area contributed by atoms with Gasteiger partial charge >= 0.3 is 0 Å². The molecule has 1 aromatic carbocycles. The molecule has 0 fully saturated rings. The van der Waals surface area contributed by atoms with Crippen LogP contribution in [0.2, 0.25) is 0 Å². The zero-order valence-corrected chi connectivity index (χ0v) is 10.8.